The van der Waals surface area contributed by atoms with E-state index >= 15 is 0 Å². The van der Waals surface area contributed by atoms with Gasteiger partial charge in [-0.2, -0.15) is 0 Å². The summed E-state index contributed by atoms with van der Waals surface area (Å²) >= 11 is 0. The number of hydrogen-bond acceptors (Lipinski definition) is 1. The number of ether oxygens (including phenoxy) is 1. The first-order chi connectivity index (χ1) is 16.3. The van der Waals surface area contributed by atoms with Crippen LogP contribution in [0.5, 0.6) is 0 Å². The molecule has 4 aromatic rings. The molecule has 0 spiro atoms. The third-order valence-corrected chi connectivity index (χ3v) is 6.62. The first-order valence-electron chi connectivity index (χ1n) is 12.2. The van der Waals surface area contributed by atoms with Crippen LogP contribution < -0.4 is 0 Å². The van der Waals surface area contributed by atoms with Crippen molar-refractivity contribution in [1.29, 1.82) is 0 Å². The average Bonchev–Trinajstić information content (AvgIpc) is 2.90. The monoisotopic (exact) mass is 434 g/mol. The summed E-state index contributed by atoms with van der Waals surface area (Å²) in [6, 6.07) is 43.1. The minimum Gasteiger partial charge on any atom is -0.364 e. The van der Waals surface area contributed by atoms with Gasteiger partial charge in [0.15, 0.2) is 0 Å². The van der Waals surface area contributed by atoms with Gasteiger partial charge in [0.25, 0.3) is 0 Å². The molecule has 0 aliphatic heterocycles. The van der Waals surface area contributed by atoms with Crippen molar-refractivity contribution in [2.45, 2.75) is 50.7 Å². The lowest BCUT2D eigenvalue weighted by Crippen LogP contribution is -2.22. The summed E-state index contributed by atoms with van der Waals surface area (Å²) in [7, 11) is 0. The highest BCUT2D eigenvalue weighted by Crippen LogP contribution is 2.45. The molecule has 0 aromatic heterocycles. The van der Waals surface area contributed by atoms with Gasteiger partial charge in [-0.3, -0.25) is 0 Å². The van der Waals surface area contributed by atoms with Crippen molar-refractivity contribution in [3.8, 4) is 0 Å². The van der Waals surface area contributed by atoms with Crippen molar-refractivity contribution in [1.82, 2.24) is 0 Å². The predicted molar refractivity (Wildman–Crippen MR) is 138 cm³/mol. The fraction of sp³-hybridized carbons (Fsp3) is 0.250. The molecule has 0 saturated carbocycles. The zero-order valence-electron chi connectivity index (χ0n) is 19.7. The largest absolute Gasteiger partial charge is 0.364 e. The molecule has 0 saturated heterocycles. The Morgan fingerprint density at radius 3 is 0.970 bits per heavy atom. The van der Waals surface area contributed by atoms with Crippen LogP contribution in [0.2, 0.25) is 0 Å². The third kappa shape index (κ3) is 5.61. The van der Waals surface area contributed by atoms with Crippen LogP contribution in [0.15, 0.2) is 121 Å². The van der Waals surface area contributed by atoms with Crippen molar-refractivity contribution >= 4 is 0 Å². The molecule has 4 rings (SSSR count). The van der Waals surface area contributed by atoms with E-state index in [0.717, 1.165) is 12.8 Å². The van der Waals surface area contributed by atoms with E-state index in [9.17, 15) is 0 Å². The third-order valence-electron chi connectivity index (χ3n) is 6.62. The first-order valence-corrected chi connectivity index (χ1v) is 12.2. The van der Waals surface area contributed by atoms with Gasteiger partial charge in [-0.1, -0.05) is 135 Å². The molecule has 33 heavy (non-hydrogen) atoms. The van der Waals surface area contributed by atoms with E-state index < -0.39 is 0 Å². The van der Waals surface area contributed by atoms with E-state index in [4.69, 9.17) is 4.74 Å². The summed E-state index contributed by atoms with van der Waals surface area (Å²) in [6.45, 7) is 4.53. The zero-order valence-corrected chi connectivity index (χ0v) is 19.7. The minimum absolute atomic E-state index is 0.0402. The quantitative estimate of drug-likeness (QED) is 0.242. The molecule has 0 aliphatic carbocycles. The first kappa shape index (κ1) is 23.0. The molecule has 0 heterocycles. The molecule has 1 heteroatoms. The number of rotatable bonds is 10. The number of hydrogen-bond donors (Lipinski definition) is 0. The molecule has 4 unspecified atom stereocenters. The molecule has 4 atom stereocenters. The Morgan fingerprint density at radius 2 is 0.697 bits per heavy atom. The predicted octanol–water partition coefficient (Wildman–Crippen LogP) is 8.87. The Bertz CT molecular complexity index is 972. The summed E-state index contributed by atoms with van der Waals surface area (Å²) in [5, 5.41) is 0. The SMILES string of the molecule is CCC(c1ccccc1)C(OC(c1ccccc1)C(CC)c1ccccc1)c1ccccc1. The van der Waals surface area contributed by atoms with Gasteiger partial charge >= 0.3 is 0 Å². The smallest absolute Gasteiger partial charge is 0.0901 e. The van der Waals surface area contributed by atoms with E-state index in [0.29, 0.717) is 0 Å². The summed E-state index contributed by atoms with van der Waals surface area (Å²) in [6.07, 6.45) is 1.93. The molecule has 0 bridgehead atoms. The zero-order chi connectivity index (χ0) is 22.9. The molecule has 1 nitrogen and oxygen atoms in total. The van der Waals surface area contributed by atoms with Crippen LogP contribution in [0, 0.1) is 0 Å². The Labute approximate surface area is 199 Å². The molecular weight excluding hydrogens is 400 g/mol. The van der Waals surface area contributed by atoms with E-state index in [1.54, 1.807) is 0 Å². The van der Waals surface area contributed by atoms with Crippen LogP contribution in [0.25, 0.3) is 0 Å². The average molecular weight is 435 g/mol. The van der Waals surface area contributed by atoms with Gasteiger partial charge in [-0.25, -0.2) is 0 Å². The van der Waals surface area contributed by atoms with Crippen LogP contribution in [0.3, 0.4) is 0 Å². The van der Waals surface area contributed by atoms with Crippen molar-refractivity contribution in [3.05, 3.63) is 144 Å². The Morgan fingerprint density at radius 1 is 0.424 bits per heavy atom. The summed E-state index contributed by atoms with van der Waals surface area (Å²) < 4.78 is 7.24. The highest BCUT2D eigenvalue weighted by molar-refractivity contribution is 5.30. The minimum atomic E-state index is -0.0402. The van der Waals surface area contributed by atoms with Gasteiger partial charge in [-0.05, 0) is 35.1 Å². The molecule has 0 fully saturated rings. The summed E-state index contributed by atoms with van der Waals surface area (Å²) in [5.41, 5.74) is 5.12. The number of benzene rings is 4. The Balaban J connectivity index is 1.79. The summed E-state index contributed by atoms with van der Waals surface area (Å²) in [5.74, 6) is 0.543. The van der Waals surface area contributed by atoms with Crippen molar-refractivity contribution < 1.29 is 4.74 Å². The second-order valence-electron chi connectivity index (χ2n) is 8.65. The van der Waals surface area contributed by atoms with E-state index in [1.807, 2.05) is 0 Å². The van der Waals surface area contributed by atoms with Gasteiger partial charge in [0.1, 0.15) is 0 Å². The molecule has 0 N–H and O–H groups in total. The molecular formula is C32H34O. The van der Waals surface area contributed by atoms with Crippen LogP contribution in [-0.2, 0) is 4.74 Å². The van der Waals surface area contributed by atoms with E-state index in [1.165, 1.54) is 22.3 Å². The second kappa shape index (κ2) is 11.6. The second-order valence-corrected chi connectivity index (χ2v) is 8.65. The van der Waals surface area contributed by atoms with Crippen molar-refractivity contribution in [2.75, 3.05) is 0 Å². The van der Waals surface area contributed by atoms with Gasteiger partial charge in [0.05, 0.1) is 12.2 Å². The van der Waals surface area contributed by atoms with Gasteiger partial charge in [-0.15, -0.1) is 0 Å². The van der Waals surface area contributed by atoms with Gasteiger partial charge in [0, 0.05) is 11.8 Å². The van der Waals surface area contributed by atoms with Crippen LogP contribution in [0.4, 0.5) is 0 Å². The summed E-state index contributed by atoms with van der Waals surface area (Å²) in [4.78, 5) is 0. The maximum absolute atomic E-state index is 7.24. The van der Waals surface area contributed by atoms with Gasteiger partial charge in [0.2, 0.25) is 0 Å². The lowest BCUT2D eigenvalue weighted by atomic mass is 9.84. The lowest BCUT2D eigenvalue weighted by molar-refractivity contribution is -0.0454. The standard InChI is InChI=1S/C32H34O/c1-3-29(25-17-9-5-10-18-25)31(27-21-13-7-14-22-27)33-32(28-23-15-8-16-24-28)30(4-2)26-19-11-6-12-20-26/h5-24,29-32H,3-4H2,1-2H3. The fourth-order valence-corrected chi connectivity index (χ4v) is 4.90. The van der Waals surface area contributed by atoms with Crippen LogP contribution in [0.1, 0.15) is 73.0 Å². The van der Waals surface area contributed by atoms with Crippen LogP contribution >= 0.6 is 0 Å². The highest BCUT2D eigenvalue weighted by atomic mass is 16.5. The molecule has 4 aromatic carbocycles. The molecule has 0 amide bonds. The Kier molecular flexibility index (Phi) is 8.11. The fourth-order valence-electron chi connectivity index (χ4n) is 4.90. The lowest BCUT2D eigenvalue weighted by Gasteiger charge is -2.35. The van der Waals surface area contributed by atoms with E-state index in [2.05, 4.69) is 135 Å². The highest BCUT2D eigenvalue weighted by Gasteiger charge is 2.32. The normalized spacial score (nSPS) is 14.8. The van der Waals surface area contributed by atoms with Crippen molar-refractivity contribution in [2.24, 2.45) is 0 Å². The molecule has 168 valence electrons. The topological polar surface area (TPSA) is 9.23 Å². The maximum Gasteiger partial charge on any atom is 0.0901 e. The maximum atomic E-state index is 7.24. The molecule has 0 aliphatic rings. The van der Waals surface area contributed by atoms with Gasteiger partial charge < -0.3 is 4.74 Å². The van der Waals surface area contributed by atoms with Crippen LogP contribution in [-0.4, -0.2) is 0 Å². The van der Waals surface area contributed by atoms with E-state index in [-0.39, 0.29) is 24.0 Å². The Hall–Kier alpha value is -3.16. The molecule has 0 radical (unpaired) electrons. The van der Waals surface area contributed by atoms with Crippen molar-refractivity contribution in [3.63, 3.8) is 0 Å².